The van der Waals surface area contributed by atoms with Crippen molar-refractivity contribution < 1.29 is 4.74 Å². The van der Waals surface area contributed by atoms with Crippen molar-refractivity contribution in [1.82, 2.24) is 19.9 Å². The summed E-state index contributed by atoms with van der Waals surface area (Å²) in [5, 5.41) is 0. The number of hydrogen-bond donors (Lipinski definition) is 3. The fourth-order valence-corrected chi connectivity index (χ4v) is 2.15. The number of hydrogen-bond acceptors (Lipinski definition) is 4. The van der Waals surface area contributed by atoms with Gasteiger partial charge >= 0.3 is 5.69 Å². The number of ether oxygens (including phenoxy) is 1. The second-order valence-corrected chi connectivity index (χ2v) is 4.40. The molecule has 0 bridgehead atoms. The molecule has 2 aromatic heterocycles. The molecule has 0 spiro atoms. The van der Waals surface area contributed by atoms with Gasteiger partial charge in [-0.15, -0.1) is 0 Å². The highest BCUT2D eigenvalue weighted by Gasteiger charge is 2.35. The van der Waals surface area contributed by atoms with Gasteiger partial charge in [0, 0.05) is 6.61 Å². The summed E-state index contributed by atoms with van der Waals surface area (Å²) in [7, 11) is 0. The number of aromatic amines is 3. The molecule has 0 aliphatic carbocycles. The maximum atomic E-state index is 11.5. The summed E-state index contributed by atoms with van der Waals surface area (Å²) >= 11 is 0. The lowest BCUT2D eigenvalue weighted by Gasteiger charge is -2.19. The van der Waals surface area contributed by atoms with Crippen LogP contribution in [0, 0.1) is 0 Å². The fraction of sp³-hybridized carbons (Fsp3) is 0.500. The first-order chi connectivity index (χ1) is 8.08. The molecule has 7 heteroatoms. The summed E-state index contributed by atoms with van der Waals surface area (Å²) in [4.78, 5) is 34.5. The van der Waals surface area contributed by atoms with E-state index in [1.807, 2.05) is 6.92 Å². The number of H-pyrrole nitrogens is 3. The Bertz CT molecular complexity index is 675. The zero-order valence-electron chi connectivity index (χ0n) is 9.29. The zero-order valence-corrected chi connectivity index (χ0v) is 9.29. The Hall–Kier alpha value is -1.89. The molecule has 1 fully saturated rings. The van der Waals surface area contributed by atoms with E-state index in [0.717, 1.165) is 12.8 Å². The Morgan fingerprint density at radius 3 is 2.82 bits per heavy atom. The van der Waals surface area contributed by atoms with Gasteiger partial charge in [-0.2, -0.15) is 0 Å². The summed E-state index contributed by atoms with van der Waals surface area (Å²) in [6.45, 7) is 2.60. The molecule has 90 valence electrons. The van der Waals surface area contributed by atoms with E-state index in [1.54, 1.807) is 0 Å². The first-order valence-corrected chi connectivity index (χ1v) is 5.45. The van der Waals surface area contributed by atoms with Gasteiger partial charge in [-0.3, -0.25) is 14.8 Å². The van der Waals surface area contributed by atoms with Crippen molar-refractivity contribution in [3.8, 4) is 0 Å². The molecule has 7 nitrogen and oxygen atoms in total. The van der Waals surface area contributed by atoms with Gasteiger partial charge in [-0.25, -0.2) is 9.78 Å². The minimum Gasteiger partial charge on any atom is -0.367 e. The van der Waals surface area contributed by atoms with Gasteiger partial charge in [0.1, 0.15) is 16.9 Å². The highest BCUT2D eigenvalue weighted by atomic mass is 16.5. The standard InChI is InChI=1S/C10H12N4O3/c1-10(3-2-4-17-10)8-11-5-6(12-8)13-9(16)14-7(5)15/h2-4H2,1H3,(H3,11,12,13,14,15,16). The molecular formula is C10H12N4O3. The van der Waals surface area contributed by atoms with Crippen LogP contribution in [0.1, 0.15) is 25.6 Å². The molecule has 3 N–H and O–H groups in total. The number of fused-ring (bicyclic) bond motifs is 1. The Kier molecular flexibility index (Phi) is 1.99. The number of imidazole rings is 1. The molecule has 1 aliphatic heterocycles. The van der Waals surface area contributed by atoms with Crippen LogP contribution in [0.4, 0.5) is 0 Å². The summed E-state index contributed by atoms with van der Waals surface area (Å²) in [6, 6.07) is 0. The molecule has 1 aliphatic rings. The van der Waals surface area contributed by atoms with Crippen LogP contribution in [0.3, 0.4) is 0 Å². The second kappa shape index (κ2) is 3.30. The van der Waals surface area contributed by atoms with Crippen molar-refractivity contribution in [1.29, 1.82) is 0 Å². The largest absolute Gasteiger partial charge is 0.367 e. The number of rotatable bonds is 1. The zero-order chi connectivity index (χ0) is 12.0. The van der Waals surface area contributed by atoms with Gasteiger partial charge in [0.05, 0.1) is 0 Å². The van der Waals surface area contributed by atoms with Crippen LogP contribution in [-0.2, 0) is 10.3 Å². The number of nitrogens with zero attached hydrogens (tertiary/aromatic N) is 1. The van der Waals surface area contributed by atoms with Gasteiger partial charge in [-0.05, 0) is 19.8 Å². The highest BCUT2D eigenvalue weighted by molar-refractivity contribution is 5.68. The molecule has 0 amide bonds. The lowest BCUT2D eigenvalue weighted by molar-refractivity contribution is 0.0103. The second-order valence-electron chi connectivity index (χ2n) is 4.40. The van der Waals surface area contributed by atoms with Gasteiger partial charge in [0.2, 0.25) is 0 Å². The van der Waals surface area contributed by atoms with Crippen LogP contribution >= 0.6 is 0 Å². The molecule has 0 radical (unpaired) electrons. The maximum Gasteiger partial charge on any atom is 0.327 e. The van der Waals surface area contributed by atoms with Crippen molar-refractivity contribution in [3.05, 3.63) is 26.7 Å². The monoisotopic (exact) mass is 236 g/mol. The first kappa shape index (κ1) is 10.3. The Morgan fingerprint density at radius 1 is 1.29 bits per heavy atom. The van der Waals surface area contributed by atoms with Crippen LogP contribution < -0.4 is 11.2 Å². The van der Waals surface area contributed by atoms with Crippen molar-refractivity contribution >= 4 is 11.2 Å². The van der Waals surface area contributed by atoms with Crippen molar-refractivity contribution in [2.45, 2.75) is 25.4 Å². The maximum absolute atomic E-state index is 11.5. The molecule has 3 rings (SSSR count). The summed E-state index contributed by atoms with van der Waals surface area (Å²) in [5.74, 6) is 0.581. The fourth-order valence-electron chi connectivity index (χ4n) is 2.15. The van der Waals surface area contributed by atoms with E-state index < -0.39 is 16.9 Å². The molecule has 2 aromatic rings. The molecule has 1 saturated heterocycles. The van der Waals surface area contributed by atoms with E-state index in [0.29, 0.717) is 12.4 Å². The third kappa shape index (κ3) is 1.50. The van der Waals surface area contributed by atoms with Crippen molar-refractivity contribution in [3.63, 3.8) is 0 Å². The number of nitrogens with one attached hydrogen (secondary N) is 3. The first-order valence-electron chi connectivity index (χ1n) is 5.45. The molecule has 0 aromatic carbocycles. The molecular weight excluding hydrogens is 224 g/mol. The smallest absolute Gasteiger partial charge is 0.327 e. The van der Waals surface area contributed by atoms with E-state index >= 15 is 0 Å². The van der Waals surface area contributed by atoms with Crippen LogP contribution in [0.2, 0.25) is 0 Å². The van der Waals surface area contributed by atoms with Crippen LogP contribution in [0.5, 0.6) is 0 Å². The van der Waals surface area contributed by atoms with E-state index in [1.165, 1.54) is 0 Å². The quantitative estimate of drug-likeness (QED) is 0.646. The van der Waals surface area contributed by atoms with E-state index in [-0.39, 0.29) is 11.2 Å². The highest BCUT2D eigenvalue weighted by Crippen LogP contribution is 2.33. The van der Waals surface area contributed by atoms with E-state index in [4.69, 9.17) is 4.74 Å². The van der Waals surface area contributed by atoms with E-state index in [2.05, 4.69) is 19.9 Å². The third-order valence-corrected chi connectivity index (χ3v) is 3.11. The SMILES string of the molecule is CC1(c2nc3[nH]c(=O)[nH]c(=O)c3[nH]2)CCCO1. The normalized spacial score (nSPS) is 24.5. The van der Waals surface area contributed by atoms with E-state index in [9.17, 15) is 9.59 Å². The molecule has 1 atom stereocenters. The average Bonchev–Trinajstić information content (AvgIpc) is 2.84. The lowest BCUT2D eigenvalue weighted by atomic mass is 10.0. The molecule has 17 heavy (non-hydrogen) atoms. The minimum atomic E-state index is -0.557. The Morgan fingerprint density at radius 2 is 2.12 bits per heavy atom. The lowest BCUT2D eigenvalue weighted by Crippen LogP contribution is -2.22. The number of aromatic nitrogens is 4. The predicted octanol–water partition coefficient (Wildman–Crippen LogP) is -0.0349. The van der Waals surface area contributed by atoms with Gasteiger partial charge < -0.3 is 9.72 Å². The minimum absolute atomic E-state index is 0.269. The Labute approximate surface area is 95.2 Å². The molecule has 0 saturated carbocycles. The van der Waals surface area contributed by atoms with Crippen LogP contribution in [0.25, 0.3) is 11.2 Å². The molecule has 3 heterocycles. The predicted molar refractivity (Wildman–Crippen MR) is 59.9 cm³/mol. The molecule has 1 unspecified atom stereocenters. The average molecular weight is 236 g/mol. The summed E-state index contributed by atoms with van der Waals surface area (Å²) < 4.78 is 5.63. The summed E-state index contributed by atoms with van der Waals surface area (Å²) in [5.41, 5.74) is -0.980. The van der Waals surface area contributed by atoms with Gasteiger partial charge in [0.15, 0.2) is 5.65 Å². The van der Waals surface area contributed by atoms with Crippen LogP contribution in [-0.4, -0.2) is 26.5 Å². The summed E-state index contributed by atoms with van der Waals surface area (Å²) in [6.07, 6.45) is 1.80. The van der Waals surface area contributed by atoms with Crippen molar-refractivity contribution in [2.75, 3.05) is 6.61 Å². The Balaban J connectivity index is 2.23. The third-order valence-electron chi connectivity index (χ3n) is 3.11. The van der Waals surface area contributed by atoms with Crippen molar-refractivity contribution in [2.24, 2.45) is 0 Å². The van der Waals surface area contributed by atoms with Crippen LogP contribution in [0.15, 0.2) is 9.59 Å². The topological polar surface area (TPSA) is 104 Å². The van der Waals surface area contributed by atoms with Gasteiger partial charge in [0.25, 0.3) is 5.56 Å². The van der Waals surface area contributed by atoms with Gasteiger partial charge in [-0.1, -0.05) is 0 Å².